The summed E-state index contributed by atoms with van der Waals surface area (Å²) in [6.45, 7) is 5.59. The van der Waals surface area contributed by atoms with Crippen LogP contribution in [-0.4, -0.2) is 43.7 Å². The van der Waals surface area contributed by atoms with Gasteiger partial charge in [-0.25, -0.2) is 4.39 Å². The molecule has 0 aromatic heterocycles. The van der Waals surface area contributed by atoms with Gasteiger partial charge in [0.05, 0.1) is 12.5 Å². The first-order valence-electron chi connectivity index (χ1n) is 9.99. The molecule has 2 aromatic carbocycles. The van der Waals surface area contributed by atoms with Gasteiger partial charge in [0.2, 0.25) is 0 Å². The van der Waals surface area contributed by atoms with Gasteiger partial charge < -0.3 is 9.47 Å². The minimum absolute atomic E-state index is 0.0470. The van der Waals surface area contributed by atoms with Crippen LogP contribution < -0.4 is 4.74 Å². The summed E-state index contributed by atoms with van der Waals surface area (Å²) in [5.41, 5.74) is 2.25. The van der Waals surface area contributed by atoms with Crippen LogP contribution >= 0.6 is 0 Å². The third-order valence-electron chi connectivity index (χ3n) is 5.13. The van der Waals surface area contributed by atoms with E-state index in [2.05, 4.69) is 4.90 Å². The molecule has 28 heavy (non-hydrogen) atoms. The zero-order valence-electron chi connectivity index (χ0n) is 16.4. The van der Waals surface area contributed by atoms with E-state index in [1.54, 1.807) is 0 Å². The van der Waals surface area contributed by atoms with Crippen molar-refractivity contribution in [2.45, 2.75) is 26.2 Å². The number of likely N-dealkylation sites (tertiary alicyclic amines) is 1. The monoisotopic (exact) mass is 385 g/mol. The average Bonchev–Trinajstić information content (AvgIpc) is 2.72. The van der Waals surface area contributed by atoms with Crippen molar-refractivity contribution in [2.24, 2.45) is 5.92 Å². The van der Waals surface area contributed by atoms with E-state index in [1.807, 2.05) is 43.3 Å². The van der Waals surface area contributed by atoms with E-state index in [-0.39, 0.29) is 17.7 Å². The minimum atomic E-state index is -0.211. The van der Waals surface area contributed by atoms with E-state index in [9.17, 15) is 9.18 Å². The fraction of sp³-hybridized carbons (Fsp3) is 0.435. The Labute approximate surface area is 166 Å². The van der Waals surface area contributed by atoms with E-state index in [1.165, 1.54) is 17.7 Å². The zero-order valence-corrected chi connectivity index (χ0v) is 16.4. The van der Waals surface area contributed by atoms with Crippen molar-refractivity contribution in [3.05, 3.63) is 65.5 Å². The molecular weight excluding hydrogens is 357 g/mol. The number of ether oxygens (including phenoxy) is 2. The number of carbonyl (C=O) groups excluding carboxylic acids is 1. The topological polar surface area (TPSA) is 38.8 Å². The van der Waals surface area contributed by atoms with Crippen molar-refractivity contribution in [3.8, 4) is 5.75 Å². The highest BCUT2D eigenvalue weighted by Crippen LogP contribution is 2.19. The van der Waals surface area contributed by atoms with Crippen LogP contribution in [0.1, 0.15) is 30.9 Å². The number of carbonyl (C=O) groups is 1. The summed E-state index contributed by atoms with van der Waals surface area (Å²) in [6.07, 6.45) is 2.49. The molecular formula is C23H28FNO3. The van der Waals surface area contributed by atoms with Gasteiger partial charge in [0, 0.05) is 6.54 Å². The summed E-state index contributed by atoms with van der Waals surface area (Å²) in [6, 6.07) is 14.6. The second kappa shape index (κ2) is 10.2. The molecule has 0 aliphatic carbocycles. The first kappa shape index (κ1) is 20.3. The maximum Gasteiger partial charge on any atom is 0.309 e. The predicted molar refractivity (Wildman–Crippen MR) is 107 cm³/mol. The Morgan fingerprint density at radius 1 is 1.04 bits per heavy atom. The summed E-state index contributed by atoms with van der Waals surface area (Å²) in [5, 5.41) is 0. The summed E-state index contributed by atoms with van der Waals surface area (Å²) in [7, 11) is 0. The Bertz CT molecular complexity index is 737. The van der Waals surface area contributed by atoms with Crippen LogP contribution in [0.5, 0.6) is 5.75 Å². The predicted octanol–water partition coefficient (Wildman–Crippen LogP) is 4.07. The van der Waals surface area contributed by atoms with Crippen molar-refractivity contribution in [1.29, 1.82) is 0 Å². The third-order valence-corrected chi connectivity index (χ3v) is 5.13. The lowest BCUT2D eigenvalue weighted by molar-refractivity contribution is -0.149. The highest BCUT2D eigenvalue weighted by molar-refractivity contribution is 5.72. The first-order valence-corrected chi connectivity index (χ1v) is 9.99. The van der Waals surface area contributed by atoms with Gasteiger partial charge in [-0.15, -0.1) is 0 Å². The minimum Gasteiger partial charge on any atom is -0.492 e. The molecule has 1 aliphatic rings. The second-order valence-corrected chi connectivity index (χ2v) is 7.16. The SMILES string of the molecule is CCOC(=O)C1CCN(CCOc2ccc(Cc3ccc(F)cc3)cc2)CC1. The van der Waals surface area contributed by atoms with Crippen molar-refractivity contribution < 1.29 is 18.7 Å². The van der Waals surface area contributed by atoms with E-state index in [0.29, 0.717) is 13.2 Å². The van der Waals surface area contributed by atoms with Crippen LogP contribution in [0, 0.1) is 11.7 Å². The molecule has 0 N–H and O–H groups in total. The van der Waals surface area contributed by atoms with Gasteiger partial charge in [0.15, 0.2) is 0 Å². The summed E-state index contributed by atoms with van der Waals surface area (Å²) < 4.78 is 23.9. The Hall–Kier alpha value is -2.40. The van der Waals surface area contributed by atoms with Gasteiger partial charge in [-0.2, -0.15) is 0 Å². The molecule has 1 aliphatic heterocycles. The standard InChI is InChI=1S/C23H28FNO3/c1-2-27-23(26)20-11-13-25(14-12-20)15-16-28-22-9-5-19(6-10-22)17-18-3-7-21(24)8-4-18/h3-10,20H,2,11-17H2,1H3. The van der Waals surface area contributed by atoms with Gasteiger partial charge in [0.25, 0.3) is 0 Å². The number of hydrogen-bond acceptors (Lipinski definition) is 4. The van der Waals surface area contributed by atoms with Gasteiger partial charge in [0.1, 0.15) is 18.2 Å². The highest BCUT2D eigenvalue weighted by atomic mass is 19.1. The van der Waals surface area contributed by atoms with E-state index >= 15 is 0 Å². The molecule has 1 heterocycles. The van der Waals surface area contributed by atoms with Crippen LogP contribution in [0.4, 0.5) is 4.39 Å². The van der Waals surface area contributed by atoms with Gasteiger partial charge in [-0.05, 0) is 74.7 Å². The van der Waals surface area contributed by atoms with Crippen molar-refractivity contribution in [2.75, 3.05) is 32.8 Å². The maximum atomic E-state index is 13.0. The van der Waals surface area contributed by atoms with Crippen LogP contribution in [0.15, 0.2) is 48.5 Å². The highest BCUT2D eigenvalue weighted by Gasteiger charge is 2.25. The number of halogens is 1. The van der Waals surface area contributed by atoms with Gasteiger partial charge >= 0.3 is 5.97 Å². The van der Waals surface area contributed by atoms with Crippen LogP contribution in [0.3, 0.4) is 0 Å². The molecule has 0 bridgehead atoms. The average molecular weight is 385 g/mol. The summed E-state index contributed by atoms with van der Waals surface area (Å²) >= 11 is 0. The third kappa shape index (κ3) is 6.06. The lowest BCUT2D eigenvalue weighted by Gasteiger charge is -2.30. The van der Waals surface area contributed by atoms with Crippen molar-refractivity contribution >= 4 is 5.97 Å². The number of rotatable bonds is 8. The van der Waals surface area contributed by atoms with E-state index < -0.39 is 0 Å². The number of hydrogen-bond donors (Lipinski definition) is 0. The van der Waals surface area contributed by atoms with Crippen LogP contribution in [0.25, 0.3) is 0 Å². The maximum absolute atomic E-state index is 13.0. The second-order valence-electron chi connectivity index (χ2n) is 7.16. The van der Waals surface area contributed by atoms with Crippen LogP contribution in [0.2, 0.25) is 0 Å². The zero-order chi connectivity index (χ0) is 19.8. The quantitative estimate of drug-likeness (QED) is 0.642. The number of benzene rings is 2. The Morgan fingerprint density at radius 2 is 1.64 bits per heavy atom. The normalized spacial score (nSPS) is 15.4. The summed E-state index contributed by atoms with van der Waals surface area (Å²) in [4.78, 5) is 14.1. The van der Waals surface area contributed by atoms with Crippen molar-refractivity contribution in [1.82, 2.24) is 4.90 Å². The number of esters is 1. The Balaban J connectivity index is 1.37. The van der Waals surface area contributed by atoms with E-state index in [4.69, 9.17) is 9.47 Å². The van der Waals surface area contributed by atoms with E-state index in [0.717, 1.165) is 50.2 Å². The van der Waals surface area contributed by atoms with Gasteiger partial charge in [-0.1, -0.05) is 24.3 Å². The molecule has 0 amide bonds. The number of nitrogens with zero attached hydrogens (tertiary/aromatic N) is 1. The summed E-state index contributed by atoms with van der Waals surface area (Å²) in [5.74, 6) is 0.631. The molecule has 0 radical (unpaired) electrons. The van der Waals surface area contributed by atoms with Crippen molar-refractivity contribution in [3.63, 3.8) is 0 Å². The fourth-order valence-corrected chi connectivity index (χ4v) is 3.49. The molecule has 0 atom stereocenters. The molecule has 4 nitrogen and oxygen atoms in total. The lowest BCUT2D eigenvalue weighted by atomic mass is 9.97. The lowest BCUT2D eigenvalue weighted by Crippen LogP contribution is -2.39. The Kier molecular flexibility index (Phi) is 7.43. The molecule has 1 saturated heterocycles. The molecule has 0 spiro atoms. The molecule has 2 aromatic rings. The molecule has 5 heteroatoms. The molecule has 3 rings (SSSR count). The fourth-order valence-electron chi connectivity index (χ4n) is 3.49. The largest absolute Gasteiger partial charge is 0.492 e. The van der Waals surface area contributed by atoms with Crippen LogP contribution in [-0.2, 0) is 16.0 Å². The smallest absolute Gasteiger partial charge is 0.309 e. The molecule has 0 unspecified atom stereocenters. The number of piperidine rings is 1. The molecule has 150 valence electrons. The van der Waals surface area contributed by atoms with Gasteiger partial charge in [-0.3, -0.25) is 9.69 Å². The first-order chi connectivity index (χ1) is 13.6. The Morgan fingerprint density at radius 3 is 2.25 bits per heavy atom. The molecule has 1 fully saturated rings. The molecule has 0 saturated carbocycles.